The Labute approximate surface area is 124 Å². The lowest BCUT2D eigenvalue weighted by atomic mass is 9.84. The first-order chi connectivity index (χ1) is 9.59. The van der Waals surface area contributed by atoms with Crippen molar-refractivity contribution >= 4 is 16.4 Å². The van der Waals surface area contributed by atoms with E-state index in [2.05, 4.69) is 26.0 Å². The lowest BCUT2D eigenvalue weighted by Gasteiger charge is -2.32. The van der Waals surface area contributed by atoms with Gasteiger partial charge in [-0.3, -0.25) is 4.21 Å². The monoisotopic (exact) mass is 292 g/mol. The molecule has 0 spiro atoms. The van der Waals surface area contributed by atoms with Gasteiger partial charge in [-0.15, -0.1) is 0 Å². The van der Waals surface area contributed by atoms with Crippen LogP contribution in [0.15, 0.2) is 36.6 Å². The molecule has 2 atom stereocenters. The average molecular weight is 292 g/mol. The van der Waals surface area contributed by atoms with Gasteiger partial charge in [0.25, 0.3) is 0 Å². The van der Waals surface area contributed by atoms with Gasteiger partial charge in [-0.2, -0.15) is 0 Å². The average Bonchev–Trinajstić information content (AvgIpc) is 2.44. The van der Waals surface area contributed by atoms with E-state index in [0.29, 0.717) is 6.61 Å². The predicted molar refractivity (Wildman–Crippen MR) is 85.9 cm³/mol. The van der Waals surface area contributed by atoms with Crippen molar-refractivity contribution in [3.63, 3.8) is 0 Å². The quantitative estimate of drug-likeness (QED) is 0.605. The summed E-state index contributed by atoms with van der Waals surface area (Å²) in [6.45, 7) is 5.01. The summed E-state index contributed by atoms with van der Waals surface area (Å²) in [5.74, 6) is 1.71. The topological polar surface area (TPSA) is 26.3 Å². The van der Waals surface area contributed by atoms with Gasteiger partial charge in [-0.25, -0.2) is 0 Å². The Morgan fingerprint density at radius 2 is 2.15 bits per heavy atom. The van der Waals surface area contributed by atoms with Crippen molar-refractivity contribution in [3.8, 4) is 0 Å². The number of hydrogen-bond acceptors (Lipinski definition) is 2. The molecule has 1 fully saturated rings. The van der Waals surface area contributed by atoms with Crippen LogP contribution >= 0.6 is 0 Å². The van der Waals surface area contributed by atoms with Crippen LogP contribution in [-0.4, -0.2) is 22.3 Å². The smallest absolute Gasteiger partial charge is 0.0879 e. The van der Waals surface area contributed by atoms with Crippen molar-refractivity contribution in [1.29, 1.82) is 0 Å². The van der Waals surface area contributed by atoms with Crippen LogP contribution in [0.25, 0.3) is 5.57 Å². The van der Waals surface area contributed by atoms with Crippen LogP contribution in [0.1, 0.15) is 38.7 Å². The summed E-state index contributed by atoms with van der Waals surface area (Å²) >= 11 is 0. The second-order valence-corrected chi connectivity index (χ2v) is 7.57. The first kappa shape index (κ1) is 15.3. The van der Waals surface area contributed by atoms with Gasteiger partial charge in [0.1, 0.15) is 0 Å². The highest BCUT2D eigenvalue weighted by molar-refractivity contribution is 7.85. The van der Waals surface area contributed by atoms with Crippen molar-refractivity contribution in [3.05, 3.63) is 42.2 Å². The number of rotatable bonds is 5. The minimum atomic E-state index is -0.624. The van der Waals surface area contributed by atoms with Crippen LogP contribution in [0.2, 0.25) is 0 Å². The number of allylic oxidation sites excluding steroid dienone is 1. The first-order valence-electron chi connectivity index (χ1n) is 7.28. The molecule has 1 heterocycles. The van der Waals surface area contributed by atoms with Crippen LogP contribution in [0.4, 0.5) is 0 Å². The molecule has 1 aliphatic heterocycles. The van der Waals surface area contributed by atoms with E-state index < -0.39 is 10.8 Å². The van der Waals surface area contributed by atoms with Gasteiger partial charge in [0, 0.05) is 22.3 Å². The van der Waals surface area contributed by atoms with Crippen LogP contribution in [0, 0.1) is 5.41 Å². The summed E-state index contributed by atoms with van der Waals surface area (Å²) < 4.78 is 17.4. The van der Waals surface area contributed by atoms with Crippen LogP contribution in [0.3, 0.4) is 0 Å². The Balaban J connectivity index is 1.80. The molecule has 3 heteroatoms. The van der Waals surface area contributed by atoms with E-state index in [0.717, 1.165) is 29.9 Å². The normalized spacial score (nSPS) is 27.3. The number of hydrogen-bond donors (Lipinski definition) is 0. The summed E-state index contributed by atoms with van der Waals surface area (Å²) in [6.07, 6.45) is 5.08. The first-order valence-corrected chi connectivity index (χ1v) is 8.77. The fourth-order valence-electron chi connectivity index (χ4n) is 2.65. The third-order valence-corrected chi connectivity index (χ3v) is 5.74. The highest BCUT2D eigenvalue weighted by atomic mass is 32.2. The molecule has 1 aromatic carbocycles. The van der Waals surface area contributed by atoms with E-state index in [1.807, 2.05) is 24.5 Å². The zero-order valence-electron chi connectivity index (χ0n) is 12.4. The maximum Gasteiger partial charge on any atom is 0.0879 e. The Morgan fingerprint density at radius 1 is 1.40 bits per heavy atom. The molecule has 20 heavy (non-hydrogen) atoms. The van der Waals surface area contributed by atoms with Gasteiger partial charge >= 0.3 is 0 Å². The third kappa shape index (κ3) is 4.48. The van der Waals surface area contributed by atoms with E-state index in [4.69, 9.17) is 4.74 Å². The second kappa shape index (κ2) is 7.07. The fourth-order valence-corrected chi connectivity index (χ4v) is 4.33. The van der Waals surface area contributed by atoms with Crippen LogP contribution < -0.4 is 0 Å². The summed E-state index contributed by atoms with van der Waals surface area (Å²) in [4.78, 5) is 0. The van der Waals surface area contributed by atoms with Crippen molar-refractivity contribution in [2.24, 2.45) is 5.41 Å². The Hall–Kier alpha value is -1.09. The summed E-state index contributed by atoms with van der Waals surface area (Å²) in [5, 5.41) is 0. The molecule has 2 rings (SSSR count). The molecular formula is C17H24O2S. The van der Waals surface area contributed by atoms with Crippen LogP contribution in [-0.2, 0) is 15.5 Å². The zero-order valence-corrected chi connectivity index (χ0v) is 13.2. The van der Waals surface area contributed by atoms with E-state index in [1.165, 1.54) is 12.0 Å². The Kier molecular flexibility index (Phi) is 5.41. The lowest BCUT2D eigenvalue weighted by Crippen LogP contribution is -2.31. The van der Waals surface area contributed by atoms with E-state index in [9.17, 15) is 4.21 Å². The summed E-state index contributed by atoms with van der Waals surface area (Å²) in [5.41, 5.74) is 2.53. The molecule has 1 aromatic rings. The molecule has 0 radical (unpaired) electrons. The molecule has 1 aliphatic rings. The molecule has 0 N–H and O–H groups in total. The van der Waals surface area contributed by atoms with Gasteiger partial charge in [0.05, 0.1) is 12.9 Å². The molecule has 2 nitrogen and oxygen atoms in total. The van der Waals surface area contributed by atoms with Gasteiger partial charge in [0.15, 0.2) is 0 Å². The summed E-state index contributed by atoms with van der Waals surface area (Å²) in [7, 11) is -0.624. The Bertz CT molecular complexity index is 481. The standard InChI is InChI=1S/C17H24O2S/c1-15(16-7-4-3-5-8-16)13-19-11-10-17(2)9-6-12-20(18)14-17/h3-5,7-8,13H,6,9-12,14H2,1-2H3/b15-13-. The largest absolute Gasteiger partial charge is 0.501 e. The van der Waals surface area contributed by atoms with Crippen molar-refractivity contribution in [2.75, 3.05) is 18.1 Å². The zero-order chi connectivity index (χ0) is 14.4. The van der Waals surface area contributed by atoms with Gasteiger partial charge in [-0.1, -0.05) is 37.3 Å². The molecule has 0 aliphatic carbocycles. The number of benzene rings is 1. The minimum Gasteiger partial charge on any atom is -0.501 e. The van der Waals surface area contributed by atoms with Gasteiger partial charge in [-0.05, 0) is 42.7 Å². The predicted octanol–water partition coefficient (Wildman–Crippen LogP) is 4.00. The molecule has 0 bridgehead atoms. The molecule has 110 valence electrons. The minimum absolute atomic E-state index is 0.192. The number of ether oxygens (including phenoxy) is 1. The maximum atomic E-state index is 11.7. The summed E-state index contributed by atoms with van der Waals surface area (Å²) in [6, 6.07) is 10.2. The van der Waals surface area contributed by atoms with E-state index in [-0.39, 0.29) is 5.41 Å². The van der Waals surface area contributed by atoms with Crippen molar-refractivity contribution < 1.29 is 8.95 Å². The molecule has 0 amide bonds. The molecule has 0 aromatic heterocycles. The van der Waals surface area contributed by atoms with Crippen LogP contribution in [0.5, 0.6) is 0 Å². The highest BCUT2D eigenvalue weighted by Crippen LogP contribution is 2.32. The highest BCUT2D eigenvalue weighted by Gasteiger charge is 2.30. The molecule has 2 unspecified atom stereocenters. The van der Waals surface area contributed by atoms with E-state index in [1.54, 1.807) is 0 Å². The van der Waals surface area contributed by atoms with Gasteiger partial charge < -0.3 is 4.74 Å². The third-order valence-electron chi connectivity index (χ3n) is 3.97. The lowest BCUT2D eigenvalue weighted by molar-refractivity contribution is 0.180. The van der Waals surface area contributed by atoms with E-state index >= 15 is 0 Å². The maximum absolute atomic E-state index is 11.7. The molecule has 0 saturated carbocycles. The molecule has 1 saturated heterocycles. The van der Waals surface area contributed by atoms with Crippen molar-refractivity contribution in [1.82, 2.24) is 0 Å². The SMILES string of the molecule is C/C(=C/OCCC1(C)CCCS(=O)C1)c1ccccc1. The van der Waals surface area contributed by atoms with Crippen molar-refractivity contribution in [2.45, 2.75) is 33.1 Å². The van der Waals surface area contributed by atoms with Gasteiger partial charge in [0.2, 0.25) is 0 Å². The Morgan fingerprint density at radius 3 is 2.85 bits per heavy atom. The second-order valence-electron chi connectivity index (χ2n) is 5.99. The fraction of sp³-hybridized carbons (Fsp3) is 0.529. The molecular weight excluding hydrogens is 268 g/mol.